The maximum absolute atomic E-state index is 14.0. The number of sulfonamides is 1. The first-order valence-corrected chi connectivity index (χ1v) is 9.88. The summed E-state index contributed by atoms with van der Waals surface area (Å²) in [5.74, 6) is -4.60. The quantitative estimate of drug-likeness (QED) is 0.679. The van der Waals surface area contributed by atoms with Crippen molar-refractivity contribution in [1.29, 1.82) is 0 Å². The van der Waals surface area contributed by atoms with E-state index < -0.39 is 44.4 Å². The molecule has 0 heterocycles. The summed E-state index contributed by atoms with van der Waals surface area (Å²) in [6.45, 7) is 6.93. The van der Waals surface area contributed by atoms with Gasteiger partial charge in [0.05, 0.1) is 16.1 Å². The number of amides is 1. The summed E-state index contributed by atoms with van der Waals surface area (Å²) in [5.41, 5.74) is -1.51. The van der Waals surface area contributed by atoms with Gasteiger partial charge < -0.3 is 10.4 Å². The molecule has 0 aromatic heterocycles. The van der Waals surface area contributed by atoms with Crippen LogP contribution in [0, 0.1) is 18.6 Å². The number of carboxylic acids is 1. The molecule has 0 atom stereocenters. The highest BCUT2D eigenvalue weighted by Gasteiger charge is 2.22. The van der Waals surface area contributed by atoms with Crippen LogP contribution in [0.4, 0.5) is 14.5 Å². The minimum Gasteiger partial charge on any atom is -0.478 e. The number of rotatable bonds is 5. The van der Waals surface area contributed by atoms with Crippen LogP contribution < -0.4 is 10.0 Å². The average Bonchev–Trinajstić information content (AvgIpc) is 2.55. The van der Waals surface area contributed by atoms with Crippen molar-refractivity contribution in [3.8, 4) is 0 Å². The molecule has 1 amide bonds. The number of anilines is 1. The zero-order chi connectivity index (χ0) is 22.1. The summed E-state index contributed by atoms with van der Waals surface area (Å²) >= 11 is 0. The molecule has 29 heavy (non-hydrogen) atoms. The summed E-state index contributed by atoms with van der Waals surface area (Å²) in [7, 11) is -4.32. The van der Waals surface area contributed by atoms with Crippen molar-refractivity contribution in [3.63, 3.8) is 0 Å². The van der Waals surface area contributed by atoms with Gasteiger partial charge in [-0.15, -0.1) is 0 Å². The van der Waals surface area contributed by atoms with Gasteiger partial charge in [-0.3, -0.25) is 9.52 Å². The molecule has 7 nitrogen and oxygen atoms in total. The minimum absolute atomic E-state index is 0.266. The smallest absolute Gasteiger partial charge is 0.338 e. The lowest BCUT2D eigenvalue weighted by molar-refractivity contribution is 0.0691. The predicted molar refractivity (Wildman–Crippen MR) is 103 cm³/mol. The first kappa shape index (κ1) is 22.3. The van der Waals surface area contributed by atoms with Gasteiger partial charge >= 0.3 is 5.97 Å². The fraction of sp³-hybridized carbons (Fsp3) is 0.263. The molecule has 0 radical (unpaired) electrons. The van der Waals surface area contributed by atoms with Gasteiger partial charge in [-0.1, -0.05) is 0 Å². The third kappa shape index (κ3) is 5.29. The fourth-order valence-electron chi connectivity index (χ4n) is 2.46. The number of benzene rings is 2. The van der Waals surface area contributed by atoms with E-state index in [4.69, 9.17) is 5.11 Å². The van der Waals surface area contributed by atoms with E-state index in [-0.39, 0.29) is 16.4 Å². The Labute approximate surface area is 166 Å². The second kappa shape index (κ2) is 7.78. The van der Waals surface area contributed by atoms with E-state index in [0.717, 1.165) is 6.07 Å². The Morgan fingerprint density at radius 1 is 1.00 bits per heavy atom. The van der Waals surface area contributed by atoms with Crippen molar-refractivity contribution in [2.75, 3.05) is 4.72 Å². The van der Waals surface area contributed by atoms with E-state index >= 15 is 0 Å². The largest absolute Gasteiger partial charge is 0.478 e. The summed E-state index contributed by atoms with van der Waals surface area (Å²) in [6.07, 6.45) is 0. The normalized spacial score (nSPS) is 11.8. The van der Waals surface area contributed by atoms with Gasteiger partial charge in [0, 0.05) is 17.2 Å². The second-order valence-electron chi connectivity index (χ2n) is 7.40. The van der Waals surface area contributed by atoms with Crippen molar-refractivity contribution in [2.24, 2.45) is 0 Å². The van der Waals surface area contributed by atoms with Gasteiger partial charge in [0.1, 0.15) is 11.6 Å². The molecule has 0 unspecified atom stereocenters. The average molecular weight is 426 g/mol. The van der Waals surface area contributed by atoms with Crippen LogP contribution in [0.15, 0.2) is 35.2 Å². The van der Waals surface area contributed by atoms with Crippen LogP contribution in [0.2, 0.25) is 0 Å². The van der Waals surface area contributed by atoms with E-state index in [9.17, 15) is 26.8 Å². The molecule has 2 rings (SSSR count). The number of aryl methyl sites for hydroxylation is 1. The van der Waals surface area contributed by atoms with E-state index in [0.29, 0.717) is 17.7 Å². The van der Waals surface area contributed by atoms with E-state index in [1.54, 1.807) is 27.7 Å². The molecule has 0 bridgehead atoms. The number of hydrogen-bond acceptors (Lipinski definition) is 4. The standard InChI is InChI=1S/C19H20F2N2O5S/c1-10-7-11(5-6-12(10)17(24)22-19(2,3)4)29(27,28)23-16-9-14(20)13(18(25)26)8-15(16)21/h5-9,23H,1-4H3,(H,22,24)(H,25,26). The molecule has 2 aromatic rings. The highest BCUT2D eigenvalue weighted by atomic mass is 32.2. The zero-order valence-electron chi connectivity index (χ0n) is 16.1. The molecule has 0 fully saturated rings. The third-order valence-corrected chi connectivity index (χ3v) is 5.14. The Bertz CT molecular complexity index is 1090. The molecule has 0 saturated heterocycles. The summed E-state index contributed by atoms with van der Waals surface area (Å²) in [4.78, 5) is 22.8. The molecular formula is C19H20F2N2O5S. The lowest BCUT2D eigenvalue weighted by atomic mass is 10.1. The Kier molecular flexibility index (Phi) is 5.98. The van der Waals surface area contributed by atoms with Gasteiger partial charge in [0.2, 0.25) is 0 Å². The number of halogens is 2. The van der Waals surface area contributed by atoms with Crippen LogP contribution in [0.1, 0.15) is 47.1 Å². The van der Waals surface area contributed by atoms with Crippen molar-refractivity contribution < 1.29 is 31.9 Å². The van der Waals surface area contributed by atoms with Gasteiger partial charge in [0.15, 0.2) is 0 Å². The molecule has 0 saturated carbocycles. The van der Waals surface area contributed by atoms with Crippen LogP contribution in [0.25, 0.3) is 0 Å². The fourth-order valence-corrected chi connectivity index (χ4v) is 3.60. The Morgan fingerprint density at radius 3 is 2.14 bits per heavy atom. The molecular weight excluding hydrogens is 406 g/mol. The third-order valence-electron chi connectivity index (χ3n) is 3.77. The second-order valence-corrected chi connectivity index (χ2v) is 9.09. The van der Waals surface area contributed by atoms with E-state index in [1.165, 1.54) is 12.1 Å². The van der Waals surface area contributed by atoms with Gasteiger partial charge in [0.25, 0.3) is 15.9 Å². The van der Waals surface area contributed by atoms with Crippen molar-refractivity contribution in [1.82, 2.24) is 5.32 Å². The molecule has 0 spiro atoms. The first-order chi connectivity index (χ1) is 13.2. The Balaban J connectivity index is 2.35. The number of nitrogens with one attached hydrogen (secondary N) is 2. The molecule has 3 N–H and O–H groups in total. The van der Waals surface area contributed by atoms with Crippen LogP contribution in [0.5, 0.6) is 0 Å². The molecule has 0 aliphatic heterocycles. The van der Waals surface area contributed by atoms with Gasteiger partial charge in [-0.2, -0.15) is 0 Å². The van der Waals surface area contributed by atoms with Crippen molar-refractivity contribution in [2.45, 2.75) is 38.1 Å². The zero-order valence-corrected chi connectivity index (χ0v) is 16.9. The highest BCUT2D eigenvalue weighted by molar-refractivity contribution is 7.92. The summed E-state index contributed by atoms with van der Waals surface area (Å²) in [5, 5.41) is 11.5. The molecule has 0 aliphatic rings. The SMILES string of the molecule is Cc1cc(S(=O)(=O)Nc2cc(F)c(C(=O)O)cc2F)ccc1C(=O)NC(C)(C)C. The predicted octanol–water partition coefficient (Wildman–Crippen LogP) is 3.30. The van der Waals surface area contributed by atoms with Gasteiger partial charge in [-0.05, 0) is 57.5 Å². The number of carbonyl (C=O) groups is 2. The number of aromatic carboxylic acids is 1. The molecule has 0 aliphatic carbocycles. The number of carbonyl (C=O) groups excluding carboxylic acids is 1. The summed E-state index contributed by atoms with van der Waals surface area (Å²) in [6, 6.07) is 4.54. The van der Waals surface area contributed by atoms with Crippen molar-refractivity contribution in [3.05, 3.63) is 58.7 Å². The van der Waals surface area contributed by atoms with Crippen LogP contribution in [-0.4, -0.2) is 30.9 Å². The van der Waals surface area contributed by atoms with Gasteiger partial charge in [-0.25, -0.2) is 22.0 Å². The minimum atomic E-state index is -4.32. The highest BCUT2D eigenvalue weighted by Crippen LogP contribution is 2.24. The van der Waals surface area contributed by atoms with E-state index in [1.807, 2.05) is 4.72 Å². The summed E-state index contributed by atoms with van der Waals surface area (Å²) < 4.78 is 54.8. The van der Waals surface area contributed by atoms with Crippen LogP contribution in [-0.2, 0) is 10.0 Å². The lowest BCUT2D eigenvalue weighted by Crippen LogP contribution is -2.40. The molecule has 156 valence electrons. The lowest BCUT2D eigenvalue weighted by Gasteiger charge is -2.21. The Morgan fingerprint density at radius 2 is 1.62 bits per heavy atom. The molecule has 10 heteroatoms. The maximum atomic E-state index is 14.0. The van der Waals surface area contributed by atoms with Crippen molar-refractivity contribution >= 4 is 27.6 Å². The van der Waals surface area contributed by atoms with E-state index in [2.05, 4.69) is 5.32 Å². The number of carboxylic acid groups (broad SMARTS) is 1. The first-order valence-electron chi connectivity index (χ1n) is 8.39. The van der Waals surface area contributed by atoms with Crippen LogP contribution >= 0.6 is 0 Å². The topological polar surface area (TPSA) is 113 Å². The Hall–Kier alpha value is -3.01. The maximum Gasteiger partial charge on any atom is 0.338 e. The molecule has 2 aromatic carbocycles. The van der Waals surface area contributed by atoms with Crippen LogP contribution in [0.3, 0.4) is 0 Å². The number of hydrogen-bond donors (Lipinski definition) is 3. The monoisotopic (exact) mass is 426 g/mol.